The van der Waals surface area contributed by atoms with Crippen molar-refractivity contribution in [2.45, 2.75) is 6.54 Å². The number of urea groups is 1. The molecule has 0 aliphatic carbocycles. The average Bonchev–Trinajstić information content (AvgIpc) is 2.59. The van der Waals surface area contributed by atoms with Gasteiger partial charge in [-0.2, -0.15) is 0 Å². The molecule has 3 amide bonds. The standard InChI is InChI=1S/C16H15N5O4/c22-14-9-17-15-10(6-12(21(24)25)7-13(15)20-14)8-18-16(23)19-11-4-2-1-3-5-11/h1-7,17H,8-9H2,(H,20,22)(H2,18,19,23). The van der Waals surface area contributed by atoms with Gasteiger partial charge in [0, 0.05) is 29.9 Å². The quantitative estimate of drug-likeness (QED) is 0.501. The Bertz CT molecular complexity index is 838. The van der Waals surface area contributed by atoms with E-state index in [2.05, 4.69) is 21.3 Å². The van der Waals surface area contributed by atoms with Gasteiger partial charge in [0.25, 0.3) is 5.69 Å². The molecule has 2 aromatic rings. The first-order valence-corrected chi connectivity index (χ1v) is 7.48. The SMILES string of the molecule is O=C1CNc2c(CNC(=O)Nc3ccccc3)cc([N+](=O)[O-])cc2N1. The largest absolute Gasteiger partial charge is 0.374 e. The van der Waals surface area contributed by atoms with Crippen molar-refractivity contribution in [3.63, 3.8) is 0 Å². The third-order valence-electron chi connectivity index (χ3n) is 3.59. The number of benzene rings is 2. The van der Waals surface area contributed by atoms with Gasteiger partial charge in [0.15, 0.2) is 0 Å². The predicted molar refractivity (Wildman–Crippen MR) is 92.5 cm³/mol. The number of nitrogens with one attached hydrogen (secondary N) is 4. The van der Waals surface area contributed by atoms with Crippen LogP contribution >= 0.6 is 0 Å². The van der Waals surface area contributed by atoms with Gasteiger partial charge < -0.3 is 21.3 Å². The van der Waals surface area contributed by atoms with Gasteiger partial charge in [0.2, 0.25) is 5.91 Å². The lowest BCUT2D eigenvalue weighted by atomic mass is 10.1. The van der Waals surface area contributed by atoms with Crippen LogP contribution in [0, 0.1) is 10.1 Å². The number of anilines is 3. The van der Waals surface area contributed by atoms with Crippen molar-refractivity contribution in [1.82, 2.24) is 5.32 Å². The van der Waals surface area contributed by atoms with Crippen LogP contribution in [0.1, 0.15) is 5.56 Å². The summed E-state index contributed by atoms with van der Waals surface area (Å²) in [4.78, 5) is 34.0. The molecule has 4 N–H and O–H groups in total. The maximum absolute atomic E-state index is 12.0. The van der Waals surface area contributed by atoms with Crippen LogP contribution in [-0.4, -0.2) is 23.4 Å². The van der Waals surface area contributed by atoms with Gasteiger partial charge in [0.1, 0.15) is 0 Å². The number of nitro benzene ring substituents is 1. The summed E-state index contributed by atoms with van der Waals surface area (Å²) < 4.78 is 0. The van der Waals surface area contributed by atoms with Crippen LogP contribution in [0.2, 0.25) is 0 Å². The Labute approximate surface area is 142 Å². The van der Waals surface area contributed by atoms with Crippen molar-refractivity contribution in [2.24, 2.45) is 0 Å². The lowest BCUT2D eigenvalue weighted by Gasteiger charge is -2.21. The highest BCUT2D eigenvalue weighted by Gasteiger charge is 2.22. The zero-order valence-corrected chi connectivity index (χ0v) is 13.0. The first-order valence-electron chi connectivity index (χ1n) is 7.48. The summed E-state index contributed by atoms with van der Waals surface area (Å²) in [6, 6.07) is 11.1. The van der Waals surface area contributed by atoms with Crippen molar-refractivity contribution in [3.8, 4) is 0 Å². The first kappa shape index (κ1) is 16.2. The molecule has 1 heterocycles. The first-order chi connectivity index (χ1) is 12.0. The topological polar surface area (TPSA) is 125 Å². The molecule has 1 aliphatic rings. The summed E-state index contributed by atoms with van der Waals surface area (Å²) in [5, 5.41) is 21.9. The normalized spacial score (nSPS) is 12.4. The van der Waals surface area contributed by atoms with E-state index < -0.39 is 11.0 Å². The maximum Gasteiger partial charge on any atom is 0.319 e. The number of hydrogen-bond donors (Lipinski definition) is 4. The Morgan fingerprint density at radius 2 is 2.00 bits per heavy atom. The fourth-order valence-electron chi connectivity index (χ4n) is 2.47. The van der Waals surface area contributed by atoms with Gasteiger partial charge in [-0.1, -0.05) is 18.2 Å². The fraction of sp³-hybridized carbons (Fsp3) is 0.125. The Hall–Kier alpha value is -3.62. The zero-order chi connectivity index (χ0) is 17.8. The summed E-state index contributed by atoms with van der Waals surface area (Å²) in [6.45, 7) is 0.125. The van der Waals surface area contributed by atoms with Crippen molar-refractivity contribution in [3.05, 3.63) is 58.1 Å². The number of nitrogens with zero attached hydrogens (tertiary/aromatic N) is 1. The van der Waals surface area contributed by atoms with E-state index in [-0.39, 0.29) is 24.7 Å². The summed E-state index contributed by atoms with van der Waals surface area (Å²) in [5.74, 6) is -0.284. The van der Waals surface area contributed by atoms with E-state index >= 15 is 0 Å². The zero-order valence-electron chi connectivity index (χ0n) is 13.0. The van der Waals surface area contributed by atoms with Crippen molar-refractivity contribution < 1.29 is 14.5 Å². The highest BCUT2D eigenvalue weighted by Crippen LogP contribution is 2.33. The predicted octanol–water partition coefficient (Wildman–Crippen LogP) is 2.28. The fourth-order valence-corrected chi connectivity index (χ4v) is 2.47. The molecule has 9 heteroatoms. The minimum Gasteiger partial charge on any atom is -0.374 e. The molecule has 0 atom stereocenters. The molecule has 0 saturated heterocycles. The highest BCUT2D eigenvalue weighted by atomic mass is 16.6. The number of amides is 3. The van der Waals surface area contributed by atoms with Gasteiger partial charge >= 0.3 is 6.03 Å². The molecule has 9 nitrogen and oxygen atoms in total. The summed E-state index contributed by atoms with van der Waals surface area (Å²) >= 11 is 0. The Morgan fingerprint density at radius 1 is 1.24 bits per heavy atom. The van der Waals surface area contributed by atoms with E-state index in [1.807, 2.05) is 6.07 Å². The van der Waals surface area contributed by atoms with Gasteiger partial charge in [-0.15, -0.1) is 0 Å². The number of nitro groups is 1. The van der Waals surface area contributed by atoms with Crippen LogP contribution < -0.4 is 21.3 Å². The summed E-state index contributed by atoms with van der Waals surface area (Å²) in [6.07, 6.45) is 0. The number of carbonyl (C=O) groups excluding carboxylic acids is 2. The van der Waals surface area contributed by atoms with Crippen LogP contribution in [0.4, 0.5) is 27.5 Å². The molecule has 25 heavy (non-hydrogen) atoms. The molecule has 0 aromatic heterocycles. The molecular weight excluding hydrogens is 326 g/mol. The van der Waals surface area contributed by atoms with Gasteiger partial charge in [-0.05, 0) is 12.1 Å². The average molecular weight is 341 g/mol. The second-order valence-electron chi connectivity index (χ2n) is 5.36. The molecular formula is C16H15N5O4. The van der Waals surface area contributed by atoms with Crippen molar-refractivity contribution in [2.75, 3.05) is 22.5 Å². The summed E-state index contributed by atoms with van der Waals surface area (Å²) in [5.41, 5.74) is 1.86. The Balaban J connectivity index is 1.76. The lowest BCUT2D eigenvalue weighted by molar-refractivity contribution is -0.384. The molecule has 2 aromatic carbocycles. The number of fused-ring (bicyclic) bond motifs is 1. The van der Waals surface area contributed by atoms with E-state index in [0.717, 1.165) is 0 Å². The van der Waals surface area contributed by atoms with E-state index in [1.165, 1.54) is 12.1 Å². The smallest absolute Gasteiger partial charge is 0.319 e. The van der Waals surface area contributed by atoms with Crippen molar-refractivity contribution >= 4 is 34.7 Å². The molecule has 0 bridgehead atoms. The van der Waals surface area contributed by atoms with Crippen molar-refractivity contribution in [1.29, 1.82) is 0 Å². The number of para-hydroxylation sites is 1. The second-order valence-corrected chi connectivity index (χ2v) is 5.36. The Morgan fingerprint density at radius 3 is 2.72 bits per heavy atom. The maximum atomic E-state index is 12.0. The molecule has 1 aliphatic heterocycles. The molecule has 0 fully saturated rings. The van der Waals surface area contributed by atoms with Crippen LogP contribution in [0.3, 0.4) is 0 Å². The van der Waals surface area contributed by atoms with E-state index in [0.29, 0.717) is 22.6 Å². The molecule has 128 valence electrons. The van der Waals surface area contributed by atoms with Crippen LogP contribution in [-0.2, 0) is 11.3 Å². The summed E-state index contributed by atoms with van der Waals surface area (Å²) in [7, 11) is 0. The van der Waals surface area contributed by atoms with Crippen LogP contribution in [0.15, 0.2) is 42.5 Å². The van der Waals surface area contributed by atoms with Gasteiger partial charge in [-0.3, -0.25) is 14.9 Å². The van der Waals surface area contributed by atoms with Crippen LogP contribution in [0.25, 0.3) is 0 Å². The van der Waals surface area contributed by atoms with Gasteiger partial charge in [-0.25, -0.2) is 4.79 Å². The molecule has 0 radical (unpaired) electrons. The van der Waals surface area contributed by atoms with E-state index in [1.54, 1.807) is 24.3 Å². The Kier molecular flexibility index (Phi) is 4.46. The van der Waals surface area contributed by atoms with E-state index in [4.69, 9.17) is 0 Å². The number of carbonyl (C=O) groups is 2. The number of rotatable bonds is 4. The molecule has 0 unspecified atom stereocenters. The van der Waals surface area contributed by atoms with E-state index in [9.17, 15) is 19.7 Å². The molecule has 0 spiro atoms. The monoisotopic (exact) mass is 341 g/mol. The number of non-ortho nitro benzene ring substituents is 1. The third kappa shape index (κ3) is 3.83. The van der Waals surface area contributed by atoms with Crippen LogP contribution in [0.5, 0.6) is 0 Å². The number of hydrogen-bond acceptors (Lipinski definition) is 5. The molecule has 0 saturated carbocycles. The van der Waals surface area contributed by atoms with Gasteiger partial charge in [0.05, 0.1) is 22.8 Å². The lowest BCUT2D eigenvalue weighted by Crippen LogP contribution is -2.31. The molecule has 3 rings (SSSR count). The second kappa shape index (κ2) is 6.87. The highest BCUT2D eigenvalue weighted by molar-refractivity contribution is 6.01. The minimum absolute atomic E-state index is 0.0611. The minimum atomic E-state index is -0.547. The third-order valence-corrected chi connectivity index (χ3v) is 3.59.